The van der Waals surface area contributed by atoms with Crippen LogP contribution in [0.25, 0.3) is 0 Å². The number of nitrogen functional groups attached to an aromatic ring is 1. The fraction of sp³-hybridized carbons (Fsp3) is 0.375. The van der Waals surface area contributed by atoms with Gasteiger partial charge in [-0.1, -0.05) is 18.0 Å². The van der Waals surface area contributed by atoms with Gasteiger partial charge in [-0.2, -0.15) is 9.29 Å². The van der Waals surface area contributed by atoms with Gasteiger partial charge in [-0.25, -0.2) is 13.4 Å². The second kappa shape index (κ2) is 7.65. The van der Waals surface area contributed by atoms with Crippen LogP contribution >= 0.6 is 11.6 Å². The lowest BCUT2D eigenvalue weighted by molar-refractivity contribution is 0.343. The molecule has 2 aromatic rings. The zero-order chi connectivity index (χ0) is 18.7. The number of aromatic nitrogens is 2. The zero-order valence-electron chi connectivity index (χ0n) is 14.3. The number of nitrogens with two attached hydrogens (primary N) is 1. The lowest BCUT2D eigenvalue weighted by Crippen LogP contribution is -2.35. The quantitative estimate of drug-likeness (QED) is 0.746. The summed E-state index contributed by atoms with van der Waals surface area (Å²) in [6, 6.07) is 6.32. The normalized spacial score (nSPS) is 15.6. The summed E-state index contributed by atoms with van der Waals surface area (Å²) in [7, 11) is -2.20. The molecule has 26 heavy (non-hydrogen) atoms. The zero-order valence-corrected chi connectivity index (χ0v) is 15.8. The number of anilines is 3. The Morgan fingerprint density at radius 1 is 1.19 bits per heavy atom. The highest BCUT2D eigenvalue weighted by molar-refractivity contribution is 7.89. The van der Waals surface area contributed by atoms with Gasteiger partial charge in [0, 0.05) is 24.8 Å². The van der Waals surface area contributed by atoms with E-state index in [-0.39, 0.29) is 16.0 Å². The van der Waals surface area contributed by atoms with E-state index in [1.807, 2.05) is 0 Å². The smallest absolute Gasteiger partial charge is 0.246 e. The summed E-state index contributed by atoms with van der Waals surface area (Å²) in [6.07, 6.45) is 2.76. The number of benzene rings is 1. The molecular weight excluding hydrogens is 378 g/mol. The number of piperidine rings is 1. The van der Waals surface area contributed by atoms with Crippen LogP contribution in [0.5, 0.6) is 5.75 Å². The number of halogens is 1. The summed E-state index contributed by atoms with van der Waals surface area (Å²) in [4.78, 5) is 7.94. The SMILES string of the molecule is COc1ccc(Nc2cc(Cl)nc(N)n2)cc1S(=O)(=O)N1CCCCC1. The molecule has 0 unspecified atom stereocenters. The van der Waals surface area contributed by atoms with Crippen molar-refractivity contribution in [1.29, 1.82) is 0 Å². The Bertz CT molecular complexity index is 881. The number of nitrogens with zero attached hydrogens (tertiary/aromatic N) is 3. The van der Waals surface area contributed by atoms with Crippen LogP contribution in [0.2, 0.25) is 5.15 Å². The predicted molar refractivity (Wildman–Crippen MR) is 100 cm³/mol. The summed E-state index contributed by atoms with van der Waals surface area (Å²) in [5, 5.41) is 3.19. The van der Waals surface area contributed by atoms with Gasteiger partial charge in [0.2, 0.25) is 16.0 Å². The van der Waals surface area contributed by atoms with Gasteiger partial charge in [-0.05, 0) is 31.0 Å². The van der Waals surface area contributed by atoms with Crippen molar-refractivity contribution in [3.63, 3.8) is 0 Å². The molecule has 0 aliphatic carbocycles. The van der Waals surface area contributed by atoms with Crippen molar-refractivity contribution in [1.82, 2.24) is 14.3 Å². The maximum Gasteiger partial charge on any atom is 0.246 e. The average molecular weight is 398 g/mol. The molecule has 0 saturated carbocycles. The minimum absolute atomic E-state index is 0.0228. The highest BCUT2D eigenvalue weighted by Crippen LogP contribution is 2.32. The average Bonchev–Trinajstić information content (AvgIpc) is 2.61. The molecule has 0 radical (unpaired) electrons. The first kappa shape index (κ1) is 18.7. The second-order valence-electron chi connectivity index (χ2n) is 5.89. The summed E-state index contributed by atoms with van der Waals surface area (Å²) in [6.45, 7) is 1.03. The van der Waals surface area contributed by atoms with E-state index in [0.29, 0.717) is 30.3 Å². The van der Waals surface area contributed by atoms with E-state index in [0.717, 1.165) is 19.3 Å². The van der Waals surface area contributed by atoms with Crippen LogP contribution in [0.4, 0.5) is 17.5 Å². The Hall–Kier alpha value is -2.10. The van der Waals surface area contributed by atoms with Crippen LogP contribution in [-0.4, -0.2) is 42.9 Å². The fourth-order valence-electron chi connectivity index (χ4n) is 2.85. The van der Waals surface area contributed by atoms with Crippen LogP contribution in [-0.2, 0) is 10.0 Å². The molecule has 1 aromatic carbocycles. The third-order valence-corrected chi connectivity index (χ3v) is 6.19. The molecule has 1 fully saturated rings. The monoisotopic (exact) mass is 397 g/mol. The number of nitrogens with one attached hydrogen (secondary N) is 1. The van der Waals surface area contributed by atoms with Crippen LogP contribution in [0, 0.1) is 0 Å². The molecular formula is C16H20ClN5O3S. The van der Waals surface area contributed by atoms with Crippen molar-refractivity contribution < 1.29 is 13.2 Å². The number of methoxy groups -OCH3 is 1. The maximum atomic E-state index is 13.0. The first-order valence-electron chi connectivity index (χ1n) is 8.15. The molecule has 0 spiro atoms. The van der Waals surface area contributed by atoms with Crippen molar-refractivity contribution >= 4 is 39.1 Å². The standard InChI is InChI=1S/C16H20ClN5O3S/c1-25-12-6-5-11(19-15-10-14(17)20-16(18)21-15)9-13(12)26(23,24)22-7-3-2-4-8-22/h5-6,9-10H,2-4,7-8H2,1H3,(H3,18,19,20,21). The maximum absolute atomic E-state index is 13.0. The summed E-state index contributed by atoms with van der Waals surface area (Å²) >= 11 is 5.88. The molecule has 8 nitrogen and oxygen atoms in total. The van der Waals surface area contributed by atoms with Crippen molar-refractivity contribution in [2.75, 3.05) is 31.2 Å². The van der Waals surface area contributed by atoms with E-state index >= 15 is 0 Å². The lowest BCUT2D eigenvalue weighted by Gasteiger charge is -2.26. The van der Waals surface area contributed by atoms with E-state index in [1.54, 1.807) is 12.1 Å². The molecule has 1 aliphatic rings. The van der Waals surface area contributed by atoms with Crippen molar-refractivity contribution in [3.05, 3.63) is 29.4 Å². The highest BCUT2D eigenvalue weighted by atomic mass is 35.5. The van der Waals surface area contributed by atoms with E-state index in [9.17, 15) is 8.42 Å². The molecule has 1 saturated heterocycles. The summed E-state index contributed by atoms with van der Waals surface area (Å²) in [5.41, 5.74) is 6.11. The summed E-state index contributed by atoms with van der Waals surface area (Å²) < 4.78 is 32.8. The van der Waals surface area contributed by atoms with Crippen LogP contribution in [0.15, 0.2) is 29.2 Å². The second-order valence-corrected chi connectivity index (χ2v) is 8.18. The summed E-state index contributed by atoms with van der Waals surface area (Å²) in [5.74, 6) is 0.685. The number of ether oxygens (including phenoxy) is 1. The van der Waals surface area contributed by atoms with Crippen molar-refractivity contribution in [2.45, 2.75) is 24.2 Å². The van der Waals surface area contributed by atoms with Crippen molar-refractivity contribution in [3.8, 4) is 5.75 Å². The van der Waals surface area contributed by atoms with Gasteiger partial charge in [0.25, 0.3) is 0 Å². The Kier molecular flexibility index (Phi) is 5.49. The van der Waals surface area contributed by atoms with Gasteiger partial charge in [0.05, 0.1) is 7.11 Å². The first-order chi connectivity index (χ1) is 12.4. The van der Waals surface area contributed by atoms with Gasteiger partial charge in [-0.15, -0.1) is 0 Å². The van der Waals surface area contributed by atoms with Crippen LogP contribution < -0.4 is 15.8 Å². The molecule has 1 aliphatic heterocycles. The number of hydrogen-bond acceptors (Lipinski definition) is 7. The molecule has 0 atom stereocenters. The Labute approximate surface area is 157 Å². The number of sulfonamides is 1. The molecule has 3 rings (SSSR count). The third-order valence-electron chi connectivity index (χ3n) is 4.08. The first-order valence-corrected chi connectivity index (χ1v) is 9.97. The number of rotatable bonds is 5. The minimum Gasteiger partial charge on any atom is -0.495 e. The van der Waals surface area contributed by atoms with Gasteiger partial charge in [0.1, 0.15) is 21.6 Å². The van der Waals surface area contributed by atoms with E-state index in [4.69, 9.17) is 22.1 Å². The molecule has 0 amide bonds. The van der Waals surface area contributed by atoms with E-state index in [2.05, 4.69) is 15.3 Å². The molecule has 0 bridgehead atoms. The van der Waals surface area contributed by atoms with E-state index < -0.39 is 10.0 Å². The molecule has 1 aromatic heterocycles. The predicted octanol–water partition coefficient (Wildman–Crippen LogP) is 2.64. The van der Waals surface area contributed by atoms with Crippen LogP contribution in [0.1, 0.15) is 19.3 Å². The van der Waals surface area contributed by atoms with Crippen LogP contribution in [0.3, 0.4) is 0 Å². The topological polar surface area (TPSA) is 110 Å². The largest absolute Gasteiger partial charge is 0.495 e. The fourth-order valence-corrected chi connectivity index (χ4v) is 4.74. The number of hydrogen-bond donors (Lipinski definition) is 2. The molecule has 3 N–H and O–H groups in total. The minimum atomic E-state index is -3.65. The van der Waals surface area contributed by atoms with Gasteiger partial charge in [0.15, 0.2) is 0 Å². The van der Waals surface area contributed by atoms with Gasteiger partial charge in [-0.3, -0.25) is 0 Å². The van der Waals surface area contributed by atoms with Crippen molar-refractivity contribution in [2.24, 2.45) is 0 Å². The third kappa shape index (κ3) is 4.00. The molecule has 2 heterocycles. The molecule has 10 heteroatoms. The molecule has 140 valence electrons. The highest BCUT2D eigenvalue weighted by Gasteiger charge is 2.29. The Morgan fingerprint density at radius 2 is 1.92 bits per heavy atom. The lowest BCUT2D eigenvalue weighted by atomic mass is 10.2. The van der Waals surface area contributed by atoms with Gasteiger partial charge >= 0.3 is 0 Å². The van der Waals surface area contributed by atoms with E-state index in [1.165, 1.54) is 23.5 Å². The van der Waals surface area contributed by atoms with Gasteiger partial charge < -0.3 is 15.8 Å². The Balaban J connectivity index is 1.96. The Morgan fingerprint density at radius 3 is 2.58 bits per heavy atom.